The minimum Gasteiger partial charge on any atom is -0.384 e. The van der Waals surface area contributed by atoms with Crippen LogP contribution in [0.4, 0.5) is 0 Å². The molecule has 0 fully saturated rings. The van der Waals surface area contributed by atoms with E-state index in [1.54, 1.807) is 6.20 Å². The van der Waals surface area contributed by atoms with E-state index in [-0.39, 0.29) is 6.54 Å². The van der Waals surface area contributed by atoms with Gasteiger partial charge in [-0.25, -0.2) is 9.97 Å². The Morgan fingerprint density at radius 3 is 2.65 bits per heavy atom. The molecule has 1 heterocycles. The number of nitrogens with zero attached hydrogens (tertiary/aromatic N) is 2. The van der Waals surface area contributed by atoms with Crippen LogP contribution in [0, 0.1) is 6.92 Å². The Balaban J connectivity index is 1.98. The molecule has 2 rings (SSSR count). The lowest BCUT2D eigenvalue weighted by Crippen LogP contribution is -2.35. The van der Waals surface area contributed by atoms with Gasteiger partial charge in [0.05, 0.1) is 0 Å². The predicted molar refractivity (Wildman–Crippen MR) is 81.5 cm³/mol. The quantitative estimate of drug-likeness (QED) is 0.629. The summed E-state index contributed by atoms with van der Waals surface area (Å²) in [5.74, 6) is 0.714. The molecule has 0 amide bonds. The Hall–Kier alpha value is -1.43. The Labute approximate surface area is 123 Å². The summed E-state index contributed by atoms with van der Waals surface area (Å²) in [5.41, 5.74) is 6.56. The van der Waals surface area contributed by atoms with Gasteiger partial charge < -0.3 is 10.8 Å². The molecule has 20 heavy (non-hydrogen) atoms. The summed E-state index contributed by atoms with van der Waals surface area (Å²) in [6.45, 7) is 2.14. The normalized spacial score (nSPS) is 13.9. The first kappa shape index (κ1) is 15.0. The van der Waals surface area contributed by atoms with Crippen molar-refractivity contribution < 1.29 is 5.11 Å². The summed E-state index contributed by atoms with van der Waals surface area (Å²) in [7, 11) is 0. The van der Waals surface area contributed by atoms with Crippen molar-refractivity contribution in [2.45, 2.75) is 24.1 Å². The number of benzene rings is 1. The van der Waals surface area contributed by atoms with Crippen LogP contribution in [0.2, 0.25) is 0 Å². The number of nitrogens with two attached hydrogens (primary N) is 1. The molecule has 0 aliphatic rings. The fraction of sp³-hybridized carbons (Fsp3) is 0.333. The number of aryl methyl sites for hydroxylation is 1. The van der Waals surface area contributed by atoms with Gasteiger partial charge in [0, 0.05) is 24.2 Å². The SMILES string of the molecule is Cc1ccnc(SCCC(O)(CN)c2ccccc2)n1. The standard InChI is InChI=1S/C15H19N3OS/c1-12-7-9-17-14(18-12)20-10-8-15(19,11-16)13-5-3-2-4-6-13/h2-7,9,19H,8,10-11,16H2,1H3. The lowest BCUT2D eigenvalue weighted by molar-refractivity contribution is 0.0431. The van der Waals surface area contributed by atoms with Gasteiger partial charge >= 0.3 is 0 Å². The molecule has 0 aliphatic heterocycles. The third-order valence-electron chi connectivity index (χ3n) is 3.17. The van der Waals surface area contributed by atoms with Gasteiger partial charge in [-0.2, -0.15) is 0 Å². The first-order chi connectivity index (χ1) is 9.64. The maximum Gasteiger partial charge on any atom is 0.187 e. The van der Waals surface area contributed by atoms with Gasteiger partial charge in [0.1, 0.15) is 5.60 Å². The van der Waals surface area contributed by atoms with Crippen LogP contribution in [0.25, 0.3) is 0 Å². The first-order valence-electron chi connectivity index (χ1n) is 6.54. The van der Waals surface area contributed by atoms with Gasteiger partial charge in [-0.3, -0.25) is 0 Å². The van der Waals surface area contributed by atoms with E-state index in [1.165, 1.54) is 11.8 Å². The van der Waals surface area contributed by atoms with Crippen molar-refractivity contribution in [3.05, 3.63) is 53.9 Å². The summed E-state index contributed by atoms with van der Waals surface area (Å²) >= 11 is 1.53. The molecule has 0 bridgehead atoms. The lowest BCUT2D eigenvalue weighted by Gasteiger charge is -2.26. The van der Waals surface area contributed by atoms with Gasteiger partial charge in [0.15, 0.2) is 5.16 Å². The van der Waals surface area contributed by atoms with E-state index >= 15 is 0 Å². The highest BCUT2D eigenvalue weighted by Gasteiger charge is 2.27. The van der Waals surface area contributed by atoms with Crippen LogP contribution in [-0.4, -0.2) is 27.4 Å². The molecule has 1 aromatic heterocycles. The van der Waals surface area contributed by atoms with E-state index in [0.717, 1.165) is 16.4 Å². The first-order valence-corrected chi connectivity index (χ1v) is 7.53. The average Bonchev–Trinajstić information content (AvgIpc) is 2.48. The smallest absolute Gasteiger partial charge is 0.187 e. The van der Waals surface area contributed by atoms with Crippen molar-refractivity contribution in [1.29, 1.82) is 0 Å². The van der Waals surface area contributed by atoms with Crippen molar-refractivity contribution >= 4 is 11.8 Å². The number of hydrogen-bond acceptors (Lipinski definition) is 5. The number of aliphatic hydroxyl groups is 1. The molecular weight excluding hydrogens is 270 g/mol. The molecule has 0 saturated carbocycles. The number of rotatable bonds is 6. The number of thioether (sulfide) groups is 1. The van der Waals surface area contributed by atoms with E-state index in [0.29, 0.717) is 12.2 Å². The van der Waals surface area contributed by atoms with E-state index in [4.69, 9.17) is 5.73 Å². The topological polar surface area (TPSA) is 72.0 Å². The second-order valence-corrected chi connectivity index (χ2v) is 5.74. The van der Waals surface area contributed by atoms with Crippen LogP contribution in [0.1, 0.15) is 17.7 Å². The largest absolute Gasteiger partial charge is 0.384 e. The number of aromatic nitrogens is 2. The van der Waals surface area contributed by atoms with Crippen molar-refractivity contribution in [2.24, 2.45) is 5.73 Å². The molecular formula is C15H19N3OS. The van der Waals surface area contributed by atoms with Crippen molar-refractivity contribution in [1.82, 2.24) is 9.97 Å². The Morgan fingerprint density at radius 2 is 2.00 bits per heavy atom. The van der Waals surface area contributed by atoms with Gasteiger partial charge in [-0.05, 0) is 25.0 Å². The van der Waals surface area contributed by atoms with E-state index in [9.17, 15) is 5.11 Å². The zero-order valence-electron chi connectivity index (χ0n) is 11.5. The second-order valence-electron chi connectivity index (χ2n) is 4.68. The lowest BCUT2D eigenvalue weighted by atomic mass is 9.91. The van der Waals surface area contributed by atoms with Crippen molar-refractivity contribution in [3.8, 4) is 0 Å². The van der Waals surface area contributed by atoms with Gasteiger partial charge in [-0.1, -0.05) is 42.1 Å². The van der Waals surface area contributed by atoms with Gasteiger partial charge in [0.2, 0.25) is 0 Å². The highest BCUT2D eigenvalue weighted by Crippen LogP contribution is 2.27. The fourth-order valence-electron chi connectivity index (χ4n) is 1.92. The van der Waals surface area contributed by atoms with E-state index in [2.05, 4.69) is 9.97 Å². The van der Waals surface area contributed by atoms with E-state index in [1.807, 2.05) is 43.3 Å². The summed E-state index contributed by atoms with van der Waals surface area (Å²) < 4.78 is 0. The van der Waals surface area contributed by atoms with E-state index < -0.39 is 5.60 Å². The maximum absolute atomic E-state index is 10.6. The molecule has 1 atom stereocenters. The highest BCUT2D eigenvalue weighted by atomic mass is 32.2. The second kappa shape index (κ2) is 6.83. The highest BCUT2D eigenvalue weighted by molar-refractivity contribution is 7.99. The molecule has 0 radical (unpaired) electrons. The van der Waals surface area contributed by atoms with Crippen LogP contribution in [0.15, 0.2) is 47.8 Å². The van der Waals surface area contributed by atoms with Crippen molar-refractivity contribution in [2.75, 3.05) is 12.3 Å². The van der Waals surface area contributed by atoms with Gasteiger partial charge in [-0.15, -0.1) is 0 Å². The molecule has 0 aliphatic carbocycles. The molecule has 0 spiro atoms. The third kappa shape index (κ3) is 3.79. The molecule has 106 valence electrons. The predicted octanol–water partition coefficient (Wildman–Crippen LogP) is 2.11. The van der Waals surface area contributed by atoms with Crippen LogP contribution in [0.3, 0.4) is 0 Å². The fourth-order valence-corrected chi connectivity index (χ4v) is 2.89. The minimum atomic E-state index is -0.988. The molecule has 2 aromatic rings. The molecule has 5 heteroatoms. The molecule has 4 nitrogen and oxygen atoms in total. The van der Waals surface area contributed by atoms with Crippen LogP contribution in [-0.2, 0) is 5.60 Å². The maximum atomic E-state index is 10.6. The van der Waals surface area contributed by atoms with Gasteiger partial charge in [0.25, 0.3) is 0 Å². The Kier molecular flexibility index (Phi) is 5.11. The Bertz CT molecular complexity index is 550. The number of hydrogen-bond donors (Lipinski definition) is 2. The van der Waals surface area contributed by atoms with Crippen LogP contribution < -0.4 is 5.73 Å². The molecule has 1 unspecified atom stereocenters. The molecule has 3 N–H and O–H groups in total. The minimum absolute atomic E-state index is 0.201. The summed E-state index contributed by atoms with van der Waals surface area (Å²) in [4.78, 5) is 8.53. The summed E-state index contributed by atoms with van der Waals surface area (Å²) in [6, 6.07) is 11.4. The van der Waals surface area contributed by atoms with Crippen molar-refractivity contribution in [3.63, 3.8) is 0 Å². The Morgan fingerprint density at radius 1 is 1.25 bits per heavy atom. The average molecular weight is 289 g/mol. The zero-order valence-corrected chi connectivity index (χ0v) is 12.3. The monoisotopic (exact) mass is 289 g/mol. The third-order valence-corrected chi connectivity index (χ3v) is 4.03. The van der Waals surface area contributed by atoms with Crippen LogP contribution >= 0.6 is 11.8 Å². The summed E-state index contributed by atoms with van der Waals surface area (Å²) in [6.07, 6.45) is 2.31. The zero-order chi connectivity index (χ0) is 14.4. The summed E-state index contributed by atoms with van der Waals surface area (Å²) in [5, 5.41) is 11.4. The molecule has 1 aromatic carbocycles. The molecule has 0 saturated heterocycles. The van der Waals surface area contributed by atoms with Crippen LogP contribution in [0.5, 0.6) is 0 Å².